The summed E-state index contributed by atoms with van der Waals surface area (Å²) in [5, 5.41) is 3.28. The zero-order chi connectivity index (χ0) is 10.7. The maximum Gasteiger partial charge on any atom is 0.227 e. The van der Waals surface area contributed by atoms with E-state index < -0.39 is 0 Å². The number of amides is 1. The fourth-order valence-corrected chi connectivity index (χ4v) is 2.91. The molecule has 0 aromatic rings. The molecular weight excluding hydrogens is 224 g/mol. The lowest BCUT2D eigenvalue weighted by molar-refractivity contribution is -0.136. The highest BCUT2D eigenvalue weighted by Crippen LogP contribution is 2.25. The van der Waals surface area contributed by atoms with Gasteiger partial charge in [-0.2, -0.15) is 0 Å². The Hall–Kier alpha value is -0.280. The second kappa shape index (κ2) is 6.45. The molecule has 16 heavy (non-hydrogen) atoms. The van der Waals surface area contributed by atoms with Crippen molar-refractivity contribution in [1.82, 2.24) is 10.2 Å². The van der Waals surface area contributed by atoms with E-state index in [0.29, 0.717) is 11.9 Å². The minimum Gasteiger partial charge on any atom is -0.340 e. The maximum atomic E-state index is 12.2. The molecule has 1 heterocycles. The van der Waals surface area contributed by atoms with Gasteiger partial charge in [-0.25, -0.2) is 0 Å². The third-order valence-corrected chi connectivity index (χ3v) is 3.80. The summed E-state index contributed by atoms with van der Waals surface area (Å²) >= 11 is 0. The molecule has 2 rings (SSSR count). The van der Waals surface area contributed by atoms with Crippen LogP contribution in [0.2, 0.25) is 0 Å². The fourth-order valence-electron chi connectivity index (χ4n) is 2.91. The lowest BCUT2D eigenvalue weighted by Crippen LogP contribution is -2.42. The normalized spacial score (nSPS) is 25.4. The number of nitrogens with zero attached hydrogens (tertiary/aromatic N) is 1. The van der Waals surface area contributed by atoms with Gasteiger partial charge in [-0.1, -0.05) is 12.8 Å². The van der Waals surface area contributed by atoms with Gasteiger partial charge < -0.3 is 10.2 Å². The Kier molecular flexibility index (Phi) is 5.56. The van der Waals surface area contributed by atoms with Crippen LogP contribution in [0.4, 0.5) is 0 Å². The van der Waals surface area contributed by atoms with Gasteiger partial charge in [0.1, 0.15) is 0 Å². The van der Waals surface area contributed by atoms with Crippen molar-refractivity contribution in [2.75, 3.05) is 19.6 Å². The molecule has 4 heteroatoms. The monoisotopic (exact) mass is 246 g/mol. The first-order valence-electron chi connectivity index (χ1n) is 6.34. The lowest BCUT2D eigenvalue weighted by atomic mass is 10.1. The standard InChI is InChI=1S/C12H22N2O.ClH/c1-2-14(11-5-3-4-6-11)12(15)10-7-8-13-9-10;/h10-11,13H,2-9H2,1H3;1H. The molecule has 1 aliphatic carbocycles. The fraction of sp³-hybridized carbons (Fsp3) is 0.917. The van der Waals surface area contributed by atoms with Crippen LogP contribution in [0.1, 0.15) is 39.0 Å². The summed E-state index contributed by atoms with van der Waals surface area (Å²) in [7, 11) is 0. The van der Waals surface area contributed by atoms with Crippen LogP contribution in [-0.2, 0) is 4.79 Å². The average molecular weight is 247 g/mol. The summed E-state index contributed by atoms with van der Waals surface area (Å²) in [5.74, 6) is 0.653. The third-order valence-electron chi connectivity index (χ3n) is 3.80. The number of nitrogens with one attached hydrogen (secondary N) is 1. The minimum atomic E-state index is 0. The van der Waals surface area contributed by atoms with Crippen LogP contribution in [0, 0.1) is 5.92 Å². The number of hydrogen-bond donors (Lipinski definition) is 1. The van der Waals surface area contributed by atoms with Crippen molar-refractivity contribution in [3.8, 4) is 0 Å². The number of carbonyl (C=O) groups is 1. The smallest absolute Gasteiger partial charge is 0.227 e. The summed E-state index contributed by atoms with van der Waals surface area (Å²) in [6, 6.07) is 0.545. The summed E-state index contributed by atoms with van der Waals surface area (Å²) in [4.78, 5) is 14.4. The first-order chi connectivity index (χ1) is 7.33. The molecule has 2 aliphatic rings. The number of halogens is 1. The molecule has 3 nitrogen and oxygen atoms in total. The summed E-state index contributed by atoms with van der Waals surface area (Å²) < 4.78 is 0. The molecule has 94 valence electrons. The van der Waals surface area contributed by atoms with E-state index in [2.05, 4.69) is 17.1 Å². The van der Waals surface area contributed by atoms with Crippen LogP contribution >= 0.6 is 12.4 Å². The molecule has 0 aromatic carbocycles. The van der Waals surface area contributed by atoms with Gasteiger partial charge in [-0.05, 0) is 32.7 Å². The third kappa shape index (κ3) is 2.89. The van der Waals surface area contributed by atoms with E-state index in [1.54, 1.807) is 0 Å². The Labute approximate surface area is 104 Å². The van der Waals surface area contributed by atoms with Crippen LogP contribution in [0.3, 0.4) is 0 Å². The Morgan fingerprint density at radius 1 is 1.31 bits per heavy atom. The summed E-state index contributed by atoms with van der Waals surface area (Å²) in [5.41, 5.74) is 0. The summed E-state index contributed by atoms with van der Waals surface area (Å²) in [6.07, 6.45) is 6.08. The average Bonchev–Trinajstić information content (AvgIpc) is 2.91. The highest BCUT2D eigenvalue weighted by molar-refractivity contribution is 5.85. The van der Waals surface area contributed by atoms with Crippen molar-refractivity contribution >= 4 is 18.3 Å². The van der Waals surface area contributed by atoms with Crippen molar-refractivity contribution in [3.05, 3.63) is 0 Å². The van der Waals surface area contributed by atoms with Gasteiger partial charge in [0, 0.05) is 19.1 Å². The van der Waals surface area contributed by atoms with E-state index in [4.69, 9.17) is 0 Å². The highest BCUT2D eigenvalue weighted by atomic mass is 35.5. The zero-order valence-electron chi connectivity index (χ0n) is 10.1. The molecule has 1 saturated heterocycles. The van der Waals surface area contributed by atoms with E-state index in [0.717, 1.165) is 26.1 Å². The second-order valence-electron chi connectivity index (χ2n) is 4.75. The molecule has 1 aliphatic heterocycles. The Balaban J connectivity index is 0.00000128. The van der Waals surface area contributed by atoms with E-state index in [9.17, 15) is 4.79 Å². The largest absolute Gasteiger partial charge is 0.340 e. The van der Waals surface area contributed by atoms with Crippen LogP contribution in [-0.4, -0.2) is 36.5 Å². The van der Waals surface area contributed by atoms with Gasteiger partial charge in [-0.15, -0.1) is 12.4 Å². The SMILES string of the molecule is CCN(C(=O)C1CCNC1)C1CCCC1.Cl. The molecule has 1 unspecified atom stereocenters. The van der Waals surface area contributed by atoms with Crippen LogP contribution in [0.25, 0.3) is 0 Å². The Bertz CT molecular complexity index is 223. The zero-order valence-corrected chi connectivity index (χ0v) is 10.9. The van der Waals surface area contributed by atoms with Gasteiger partial charge in [0.25, 0.3) is 0 Å². The molecule has 0 bridgehead atoms. The molecule has 0 radical (unpaired) electrons. The molecule has 1 atom stereocenters. The molecule has 1 saturated carbocycles. The minimum absolute atomic E-state index is 0. The van der Waals surface area contributed by atoms with Gasteiger partial charge in [0.2, 0.25) is 5.91 Å². The maximum absolute atomic E-state index is 12.2. The Morgan fingerprint density at radius 2 is 2.00 bits per heavy atom. The van der Waals surface area contributed by atoms with E-state index >= 15 is 0 Å². The van der Waals surface area contributed by atoms with E-state index in [1.807, 2.05) is 0 Å². The molecule has 0 spiro atoms. The molecular formula is C12H23ClN2O. The van der Waals surface area contributed by atoms with Crippen LogP contribution in [0.15, 0.2) is 0 Å². The predicted octanol–water partition coefficient (Wildman–Crippen LogP) is 1.81. The molecule has 2 fully saturated rings. The topological polar surface area (TPSA) is 32.3 Å². The van der Waals surface area contributed by atoms with Crippen molar-refractivity contribution in [2.45, 2.75) is 45.1 Å². The van der Waals surface area contributed by atoms with Gasteiger partial charge in [0.15, 0.2) is 0 Å². The van der Waals surface area contributed by atoms with Crippen molar-refractivity contribution in [2.24, 2.45) is 5.92 Å². The van der Waals surface area contributed by atoms with E-state index in [-0.39, 0.29) is 18.3 Å². The molecule has 0 aromatic heterocycles. The van der Waals surface area contributed by atoms with Crippen molar-refractivity contribution in [3.63, 3.8) is 0 Å². The number of hydrogen-bond acceptors (Lipinski definition) is 2. The van der Waals surface area contributed by atoms with Gasteiger partial charge in [0.05, 0.1) is 5.92 Å². The van der Waals surface area contributed by atoms with Crippen LogP contribution < -0.4 is 5.32 Å². The van der Waals surface area contributed by atoms with Crippen molar-refractivity contribution in [1.29, 1.82) is 0 Å². The predicted molar refractivity (Wildman–Crippen MR) is 67.9 cm³/mol. The lowest BCUT2D eigenvalue weighted by Gasteiger charge is -2.30. The number of rotatable bonds is 3. The quantitative estimate of drug-likeness (QED) is 0.824. The molecule has 1 N–H and O–H groups in total. The molecule has 1 amide bonds. The summed E-state index contributed by atoms with van der Waals surface area (Å²) in [6.45, 7) is 4.90. The first-order valence-corrected chi connectivity index (χ1v) is 6.34. The number of carbonyl (C=O) groups excluding carboxylic acids is 1. The van der Waals surface area contributed by atoms with Gasteiger partial charge >= 0.3 is 0 Å². The Morgan fingerprint density at radius 3 is 2.50 bits per heavy atom. The van der Waals surface area contributed by atoms with E-state index in [1.165, 1.54) is 25.7 Å². The first kappa shape index (κ1) is 13.8. The van der Waals surface area contributed by atoms with Crippen LogP contribution in [0.5, 0.6) is 0 Å². The highest BCUT2D eigenvalue weighted by Gasteiger charge is 2.31. The second-order valence-corrected chi connectivity index (χ2v) is 4.75. The van der Waals surface area contributed by atoms with Gasteiger partial charge in [-0.3, -0.25) is 4.79 Å². The van der Waals surface area contributed by atoms with Crippen molar-refractivity contribution < 1.29 is 4.79 Å².